The van der Waals surface area contributed by atoms with Crippen LogP contribution < -0.4 is 4.74 Å². The van der Waals surface area contributed by atoms with Crippen molar-refractivity contribution >= 4 is 34.8 Å². The maximum Gasteiger partial charge on any atom is 0.514 e. The monoisotopic (exact) mass is 503 g/mol. The lowest BCUT2D eigenvalue weighted by Gasteiger charge is -2.18. The number of hydrogen-bond acceptors (Lipinski definition) is 6. The van der Waals surface area contributed by atoms with E-state index < -0.39 is 11.8 Å². The summed E-state index contributed by atoms with van der Waals surface area (Å²) in [6.07, 6.45) is 2.92. The number of nitrogens with zero attached hydrogens (tertiary/aromatic N) is 2. The number of nitrogens with one attached hydrogen (secondary N) is 1. The number of aromatic amines is 1. The Morgan fingerprint density at radius 3 is 2.46 bits per heavy atom. The summed E-state index contributed by atoms with van der Waals surface area (Å²) < 4.78 is 18.1. The van der Waals surface area contributed by atoms with E-state index in [1.165, 1.54) is 0 Å². The molecule has 3 heterocycles. The van der Waals surface area contributed by atoms with Gasteiger partial charge in [-0.15, -0.1) is 0 Å². The number of aliphatic imine (C=N–C) groups is 1. The Kier molecular flexibility index (Phi) is 6.86. The molecule has 8 heteroatoms. The highest BCUT2D eigenvalue weighted by Gasteiger charge is 2.27. The van der Waals surface area contributed by atoms with E-state index in [0.29, 0.717) is 39.5 Å². The number of hydrogen-bond donors (Lipinski definition) is 1. The fourth-order valence-electron chi connectivity index (χ4n) is 4.19. The molecule has 0 fully saturated rings. The van der Waals surface area contributed by atoms with Crippen LogP contribution in [0.2, 0.25) is 0 Å². The molecule has 0 saturated carbocycles. The van der Waals surface area contributed by atoms with Gasteiger partial charge >= 0.3 is 6.16 Å². The Balaban J connectivity index is 1.85. The SMILES string of the molecule is COC1=CC(c2cc3c(OC(=O)OC(C)(C)C)cccc3n2C(=O)C(C)C)=N/C1=C\c1[nH]c(C)cc1C. The van der Waals surface area contributed by atoms with E-state index in [4.69, 9.17) is 19.2 Å². The van der Waals surface area contributed by atoms with E-state index in [1.54, 1.807) is 44.6 Å². The molecular weight excluding hydrogens is 470 g/mol. The van der Waals surface area contributed by atoms with Crippen molar-refractivity contribution in [2.75, 3.05) is 7.11 Å². The van der Waals surface area contributed by atoms with Crippen molar-refractivity contribution in [1.29, 1.82) is 0 Å². The van der Waals surface area contributed by atoms with Gasteiger partial charge in [0.05, 0.1) is 24.0 Å². The first-order valence-electron chi connectivity index (χ1n) is 12.2. The van der Waals surface area contributed by atoms with Crippen LogP contribution in [-0.2, 0) is 9.47 Å². The molecule has 0 saturated heterocycles. The normalized spacial score (nSPS) is 14.8. The summed E-state index contributed by atoms with van der Waals surface area (Å²) >= 11 is 0. The number of aryl methyl sites for hydroxylation is 2. The average molecular weight is 504 g/mol. The number of H-pyrrole nitrogens is 1. The van der Waals surface area contributed by atoms with Gasteiger partial charge in [0.1, 0.15) is 22.8 Å². The van der Waals surface area contributed by atoms with Gasteiger partial charge in [-0.3, -0.25) is 9.36 Å². The molecule has 0 radical (unpaired) electrons. The number of carbonyl (C=O) groups excluding carboxylic acids is 2. The van der Waals surface area contributed by atoms with Gasteiger partial charge in [0.2, 0.25) is 5.91 Å². The standard InChI is InChI=1S/C29H33N3O5/c1-16(2)27(33)32-23-10-9-11-25(36-28(34)37-29(5,6)7)19(23)13-24(32)21-15-26(35-8)22(31-21)14-20-17(3)12-18(4)30-20/h9-16,30H,1-8H3/b22-14-. The maximum atomic E-state index is 13.4. The molecule has 0 bridgehead atoms. The second-order valence-corrected chi connectivity index (χ2v) is 10.4. The Morgan fingerprint density at radius 2 is 1.86 bits per heavy atom. The lowest BCUT2D eigenvalue weighted by atomic mass is 10.2. The summed E-state index contributed by atoms with van der Waals surface area (Å²) in [5.74, 6) is 0.492. The highest BCUT2D eigenvalue weighted by atomic mass is 16.7. The number of ether oxygens (including phenoxy) is 3. The molecular formula is C29H33N3O5. The highest BCUT2D eigenvalue weighted by molar-refractivity contribution is 6.16. The number of carbonyl (C=O) groups is 2. The molecule has 1 N–H and O–H groups in total. The largest absolute Gasteiger partial charge is 0.514 e. The van der Waals surface area contributed by atoms with Gasteiger partial charge in [-0.2, -0.15) is 0 Å². The summed E-state index contributed by atoms with van der Waals surface area (Å²) in [6, 6.07) is 9.11. The number of methoxy groups -OCH3 is 1. The summed E-state index contributed by atoms with van der Waals surface area (Å²) in [4.78, 5) is 34.0. The topological polar surface area (TPSA) is 94.9 Å². The van der Waals surface area contributed by atoms with E-state index in [9.17, 15) is 9.59 Å². The van der Waals surface area contributed by atoms with Gasteiger partial charge in [-0.05, 0) is 70.5 Å². The second-order valence-electron chi connectivity index (χ2n) is 10.4. The lowest BCUT2D eigenvalue weighted by Crippen LogP contribution is -2.26. The fourth-order valence-corrected chi connectivity index (χ4v) is 4.19. The zero-order chi connectivity index (χ0) is 27.1. The average Bonchev–Trinajstić information content (AvgIpc) is 3.47. The highest BCUT2D eigenvalue weighted by Crippen LogP contribution is 2.33. The van der Waals surface area contributed by atoms with Crippen LogP contribution in [0.25, 0.3) is 17.0 Å². The third-order valence-corrected chi connectivity index (χ3v) is 5.82. The zero-order valence-corrected chi connectivity index (χ0v) is 22.6. The molecule has 1 aliphatic heterocycles. The predicted octanol–water partition coefficient (Wildman–Crippen LogP) is 6.57. The van der Waals surface area contributed by atoms with Crippen LogP contribution in [0.5, 0.6) is 5.75 Å². The Labute approximate surface area is 216 Å². The minimum atomic E-state index is -0.814. The first-order valence-corrected chi connectivity index (χ1v) is 12.2. The second kappa shape index (κ2) is 9.76. The number of rotatable bonds is 5. The molecule has 0 aliphatic carbocycles. The number of allylic oxidation sites excluding steroid dienone is 1. The molecule has 4 rings (SSSR count). The Bertz CT molecular complexity index is 1470. The van der Waals surface area contributed by atoms with Crippen LogP contribution in [-0.4, -0.2) is 40.0 Å². The van der Waals surface area contributed by atoms with Gasteiger partial charge in [-0.25, -0.2) is 9.79 Å². The van der Waals surface area contributed by atoms with Crippen molar-refractivity contribution in [3.05, 3.63) is 70.5 Å². The zero-order valence-electron chi connectivity index (χ0n) is 22.6. The number of fused-ring (bicyclic) bond motifs is 1. The van der Waals surface area contributed by atoms with E-state index in [-0.39, 0.29) is 11.8 Å². The van der Waals surface area contributed by atoms with Gasteiger partial charge in [-0.1, -0.05) is 19.9 Å². The van der Waals surface area contributed by atoms with Crippen molar-refractivity contribution in [3.63, 3.8) is 0 Å². The summed E-state index contributed by atoms with van der Waals surface area (Å²) in [7, 11) is 1.59. The molecule has 37 heavy (non-hydrogen) atoms. The van der Waals surface area contributed by atoms with E-state index in [1.807, 2.05) is 52.0 Å². The minimum absolute atomic E-state index is 0.109. The summed E-state index contributed by atoms with van der Waals surface area (Å²) in [6.45, 7) is 13.0. The summed E-state index contributed by atoms with van der Waals surface area (Å²) in [5, 5.41) is 0.598. The molecule has 1 aromatic carbocycles. The minimum Gasteiger partial charge on any atom is -0.494 e. The molecule has 1 aliphatic rings. The van der Waals surface area contributed by atoms with Gasteiger partial charge in [0, 0.05) is 28.8 Å². The molecule has 3 aromatic rings. The summed E-state index contributed by atoms with van der Waals surface area (Å²) in [5.41, 5.74) is 4.77. The van der Waals surface area contributed by atoms with Crippen molar-refractivity contribution in [1.82, 2.24) is 9.55 Å². The number of benzene rings is 1. The van der Waals surface area contributed by atoms with Crippen LogP contribution in [0, 0.1) is 19.8 Å². The van der Waals surface area contributed by atoms with Crippen molar-refractivity contribution in [3.8, 4) is 5.75 Å². The fraction of sp³-hybridized carbons (Fsp3) is 0.345. The van der Waals surface area contributed by atoms with Gasteiger partial charge in [0.25, 0.3) is 0 Å². The van der Waals surface area contributed by atoms with Gasteiger partial charge in [0.15, 0.2) is 0 Å². The molecule has 0 atom stereocenters. The van der Waals surface area contributed by atoms with E-state index >= 15 is 0 Å². The van der Waals surface area contributed by atoms with E-state index in [0.717, 1.165) is 17.0 Å². The third-order valence-electron chi connectivity index (χ3n) is 5.82. The van der Waals surface area contributed by atoms with E-state index in [2.05, 4.69) is 11.1 Å². The lowest BCUT2D eigenvalue weighted by molar-refractivity contribution is 0.0209. The van der Waals surface area contributed by atoms with Crippen LogP contribution in [0.3, 0.4) is 0 Å². The first kappa shape index (κ1) is 26.0. The van der Waals surface area contributed by atoms with Gasteiger partial charge < -0.3 is 19.2 Å². The molecule has 0 spiro atoms. The molecule has 194 valence electrons. The van der Waals surface area contributed by atoms with Crippen LogP contribution in [0.4, 0.5) is 4.79 Å². The molecule has 2 aromatic heterocycles. The van der Waals surface area contributed by atoms with Crippen LogP contribution >= 0.6 is 0 Å². The molecule has 0 amide bonds. The van der Waals surface area contributed by atoms with Crippen LogP contribution in [0.15, 0.2) is 52.9 Å². The van der Waals surface area contributed by atoms with Crippen molar-refractivity contribution < 1.29 is 23.8 Å². The third kappa shape index (κ3) is 5.38. The first-order chi connectivity index (χ1) is 17.4. The molecule has 0 unspecified atom stereocenters. The molecule has 8 nitrogen and oxygen atoms in total. The van der Waals surface area contributed by atoms with Crippen molar-refractivity contribution in [2.45, 2.75) is 54.1 Å². The Morgan fingerprint density at radius 1 is 1.14 bits per heavy atom. The Hall–Kier alpha value is -4.07. The maximum absolute atomic E-state index is 13.4. The quantitative estimate of drug-likeness (QED) is 0.314. The van der Waals surface area contributed by atoms with Crippen LogP contribution in [0.1, 0.15) is 62.1 Å². The van der Waals surface area contributed by atoms with Crippen molar-refractivity contribution in [2.24, 2.45) is 10.9 Å². The number of aromatic nitrogens is 2. The predicted molar refractivity (Wildman–Crippen MR) is 144 cm³/mol. The smallest absolute Gasteiger partial charge is 0.494 e.